The van der Waals surface area contributed by atoms with Crippen LogP contribution in [0, 0.1) is 17.8 Å². The lowest BCUT2D eigenvalue weighted by Gasteiger charge is -2.30. The number of amides is 3. The van der Waals surface area contributed by atoms with Crippen molar-refractivity contribution in [1.29, 1.82) is 0 Å². The Labute approximate surface area is 227 Å². The number of allylic oxidation sites excluding steroid dienone is 1. The number of fused-ring (bicyclic) bond motifs is 2. The van der Waals surface area contributed by atoms with Crippen molar-refractivity contribution in [3.8, 4) is 0 Å². The third kappa shape index (κ3) is 7.73. The highest BCUT2D eigenvalue weighted by Gasteiger charge is 2.62. The number of esters is 1. The minimum atomic E-state index is -1.08. The molecule has 3 amide bonds. The fraction of sp³-hybridized carbons (Fsp3) is 0.793. The van der Waals surface area contributed by atoms with Crippen LogP contribution in [0.5, 0.6) is 0 Å². The predicted octanol–water partition coefficient (Wildman–Crippen LogP) is 4.10. The van der Waals surface area contributed by atoms with Gasteiger partial charge in [0.1, 0.15) is 23.2 Å². The Bertz CT molecular complexity index is 910. The normalized spacial score (nSPS) is 30.4. The zero-order valence-corrected chi connectivity index (χ0v) is 24.0. The minimum Gasteiger partial charge on any atom is -0.464 e. The van der Waals surface area contributed by atoms with Gasteiger partial charge in [0.25, 0.3) is 0 Å². The number of carbonyl (C=O) groups is 4. The molecule has 214 valence electrons. The van der Waals surface area contributed by atoms with Gasteiger partial charge in [0.15, 0.2) is 0 Å². The first-order valence-electron chi connectivity index (χ1n) is 14.3. The van der Waals surface area contributed by atoms with E-state index < -0.39 is 35.3 Å². The molecule has 0 aromatic carbocycles. The topological polar surface area (TPSA) is 114 Å². The van der Waals surface area contributed by atoms with Gasteiger partial charge >= 0.3 is 12.1 Å². The summed E-state index contributed by atoms with van der Waals surface area (Å²) in [5.41, 5.74) is -1.78. The van der Waals surface area contributed by atoms with Crippen LogP contribution >= 0.6 is 0 Å². The van der Waals surface area contributed by atoms with Crippen molar-refractivity contribution in [2.45, 2.75) is 116 Å². The van der Waals surface area contributed by atoms with Crippen LogP contribution in [0.2, 0.25) is 0 Å². The van der Waals surface area contributed by atoms with Crippen molar-refractivity contribution < 1.29 is 28.7 Å². The minimum absolute atomic E-state index is 0.116. The molecular weight excluding hydrogens is 486 g/mol. The number of ether oxygens (including phenoxy) is 2. The molecule has 0 radical (unpaired) electrons. The van der Waals surface area contributed by atoms with E-state index >= 15 is 0 Å². The summed E-state index contributed by atoms with van der Waals surface area (Å²) in [6, 6.07) is -1.50. The van der Waals surface area contributed by atoms with Crippen LogP contribution in [0.25, 0.3) is 0 Å². The molecule has 0 aromatic heterocycles. The summed E-state index contributed by atoms with van der Waals surface area (Å²) < 4.78 is 10.8. The van der Waals surface area contributed by atoms with E-state index in [1.165, 1.54) is 0 Å². The SMILES string of the molecule is CCOC(=O)[C@@]12C[C@H]1C=CCCCCC[C@H](NC(=O)OC(C)(C)C)C(=O)N1C[C@H](CC(C)C)C[C@H]1C(=O)N2. The monoisotopic (exact) mass is 533 g/mol. The van der Waals surface area contributed by atoms with Gasteiger partial charge in [0.2, 0.25) is 11.8 Å². The fourth-order valence-corrected chi connectivity index (χ4v) is 5.72. The Morgan fingerprint density at radius 1 is 1.21 bits per heavy atom. The molecule has 2 N–H and O–H groups in total. The largest absolute Gasteiger partial charge is 0.464 e. The molecule has 0 unspecified atom stereocenters. The predicted molar refractivity (Wildman–Crippen MR) is 144 cm³/mol. The van der Waals surface area contributed by atoms with E-state index in [0.717, 1.165) is 32.1 Å². The molecule has 1 saturated carbocycles. The van der Waals surface area contributed by atoms with E-state index in [0.29, 0.717) is 31.7 Å². The molecule has 2 heterocycles. The van der Waals surface area contributed by atoms with Gasteiger partial charge in [-0.3, -0.25) is 9.59 Å². The van der Waals surface area contributed by atoms with Crippen molar-refractivity contribution in [2.75, 3.05) is 13.2 Å². The number of alkyl carbamates (subject to hydrolysis) is 1. The molecular formula is C29H47N3O6. The third-order valence-corrected chi connectivity index (χ3v) is 7.50. The van der Waals surface area contributed by atoms with Gasteiger partial charge in [0.05, 0.1) is 6.61 Å². The van der Waals surface area contributed by atoms with Gasteiger partial charge in [-0.2, -0.15) is 0 Å². The zero-order chi connectivity index (χ0) is 28.1. The van der Waals surface area contributed by atoms with Crippen molar-refractivity contribution in [3.05, 3.63) is 12.2 Å². The number of nitrogens with one attached hydrogen (secondary N) is 2. The lowest BCUT2D eigenvalue weighted by atomic mass is 9.94. The first-order chi connectivity index (χ1) is 17.9. The molecule has 38 heavy (non-hydrogen) atoms. The van der Waals surface area contributed by atoms with Crippen LogP contribution in [0.3, 0.4) is 0 Å². The molecule has 9 nitrogen and oxygen atoms in total. The second kappa shape index (κ2) is 12.5. The molecule has 1 saturated heterocycles. The van der Waals surface area contributed by atoms with Crippen LogP contribution < -0.4 is 10.6 Å². The summed E-state index contributed by atoms with van der Waals surface area (Å²) in [4.78, 5) is 54.9. The Balaban J connectivity index is 1.89. The maximum absolute atomic E-state index is 13.9. The summed E-state index contributed by atoms with van der Waals surface area (Å²) in [5, 5.41) is 5.79. The second-order valence-corrected chi connectivity index (χ2v) is 12.5. The molecule has 1 aliphatic carbocycles. The Morgan fingerprint density at radius 3 is 2.61 bits per heavy atom. The average Bonchev–Trinajstić information content (AvgIpc) is 3.33. The summed E-state index contributed by atoms with van der Waals surface area (Å²) in [6.07, 6.45) is 9.24. The molecule has 3 aliphatic rings. The Kier molecular flexibility index (Phi) is 9.87. The molecule has 0 bridgehead atoms. The number of rotatable bonds is 5. The van der Waals surface area contributed by atoms with Crippen molar-refractivity contribution in [3.63, 3.8) is 0 Å². The first-order valence-corrected chi connectivity index (χ1v) is 14.3. The molecule has 3 rings (SSSR count). The maximum Gasteiger partial charge on any atom is 0.408 e. The van der Waals surface area contributed by atoms with E-state index in [-0.39, 0.29) is 30.3 Å². The summed E-state index contributed by atoms with van der Waals surface area (Å²) >= 11 is 0. The van der Waals surface area contributed by atoms with E-state index in [1.54, 1.807) is 32.6 Å². The standard InChI is InChI=1S/C29H47N3O6/c1-7-37-26(35)29-17-21(29)13-11-9-8-10-12-14-22(30-27(36)38-28(4,5)6)25(34)32-18-20(15-19(2)3)16-23(32)24(33)31-29/h11,13,19-23H,7-10,12,14-18H2,1-6H3,(H,30,36)(H,31,33)/t20-,21-,22+,23+,29-/m1/s1. The zero-order valence-electron chi connectivity index (χ0n) is 24.0. The molecule has 5 atom stereocenters. The number of nitrogens with zero attached hydrogens (tertiary/aromatic N) is 1. The molecule has 2 aliphatic heterocycles. The Hall–Kier alpha value is -2.58. The summed E-state index contributed by atoms with van der Waals surface area (Å²) in [7, 11) is 0. The van der Waals surface area contributed by atoms with Crippen LogP contribution in [0.1, 0.15) is 92.9 Å². The molecule has 0 spiro atoms. The van der Waals surface area contributed by atoms with Gasteiger partial charge in [-0.1, -0.05) is 38.8 Å². The lowest BCUT2D eigenvalue weighted by molar-refractivity contribution is -0.150. The maximum atomic E-state index is 13.9. The van der Waals surface area contributed by atoms with Crippen molar-refractivity contribution in [1.82, 2.24) is 15.5 Å². The molecule has 2 fully saturated rings. The smallest absolute Gasteiger partial charge is 0.408 e. The fourth-order valence-electron chi connectivity index (χ4n) is 5.72. The third-order valence-electron chi connectivity index (χ3n) is 7.50. The Morgan fingerprint density at radius 2 is 1.95 bits per heavy atom. The van der Waals surface area contributed by atoms with E-state index in [1.807, 2.05) is 6.08 Å². The van der Waals surface area contributed by atoms with Gasteiger partial charge in [-0.25, -0.2) is 9.59 Å². The highest BCUT2D eigenvalue weighted by molar-refractivity contribution is 5.96. The highest BCUT2D eigenvalue weighted by atomic mass is 16.6. The first kappa shape index (κ1) is 30.0. The molecule has 9 heteroatoms. The van der Waals surface area contributed by atoms with Crippen LogP contribution in [0.4, 0.5) is 4.79 Å². The van der Waals surface area contributed by atoms with Crippen molar-refractivity contribution in [2.24, 2.45) is 17.8 Å². The van der Waals surface area contributed by atoms with Gasteiger partial charge in [0, 0.05) is 12.5 Å². The summed E-state index contributed by atoms with van der Waals surface area (Å²) in [5.74, 6) is -0.576. The van der Waals surface area contributed by atoms with Crippen LogP contribution in [-0.2, 0) is 23.9 Å². The number of carbonyl (C=O) groups excluding carboxylic acids is 4. The summed E-state index contributed by atoms with van der Waals surface area (Å²) in [6.45, 7) is 12.0. The quantitative estimate of drug-likeness (QED) is 0.406. The number of hydrogen-bond donors (Lipinski definition) is 2. The average molecular weight is 534 g/mol. The van der Waals surface area contributed by atoms with Crippen LogP contribution in [-0.4, -0.2) is 65.2 Å². The number of hydrogen-bond acceptors (Lipinski definition) is 6. The van der Waals surface area contributed by atoms with Crippen molar-refractivity contribution >= 4 is 23.9 Å². The van der Waals surface area contributed by atoms with E-state index in [4.69, 9.17) is 9.47 Å². The highest BCUT2D eigenvalue weighted by Crippen LogP contribution is 2.46. The van der Waals surface area contributed by atoms with E-state index in [9.17, 15) is 19.2 Å². The van der Waals surface area contributed by atoms with Crippen LogP contribution in [0.15, 0.2) is 12.2 Å². The van der Waals surface area contributed by atoms with Gasteiger partial charge in [-0.05, 0) is 78.1 Å². The molecule has 0 aromatic rings. The van der Waals surface area contributed by atoms with E-state index in [2.05, 4.69) is 30.6 Å². The lowest BCUT2D eigenvalue weighted by Crippen LogP contribution is -2.56. The van der Waals surface area contributed by atoms with Gasteiger partial charge < -0.3 is 25.0 Å². The van der Waals surface area contributed by atoms with Gasteiger partial charge in [-0.15, -0.1) is 0 Å². The second-order valence-electron chi connectivity index (χ2n) is 12.5.